The van der Waals surface area contributed by atoms with Crippen LogP contribution in [0.3, 0.4) is 0 Å². The number of esters is 1. The lowest BCUT2D eigenvalue weighted by atomic mass is 10.2. The Morgan fingerprint density at radius 3 is 2.50 bits per heavy atom. The molecule has 2 aromatic rings. The standard InChI is InChI=1S/C14H16N2O4S2/c1-4-20-14(17)12-10(3)15-21-13(12)16-22(18,19)11-7-5-9(2)6-8-11/h5-8,16H,4H2,1-3H3. The van der Waals surface area contributed by atoms with Crippen LogP contribution in [0.2, 0.25) is 0 Å². The number of ether oxygens (including phenoxy) is 1. The molecule has 1 N–H and O–H groups in total. The SMILES string of the molecule is CCOC(=O)c1c(C)nsc1NS(=O)(=O)c1ccc(C)cc1. The molecule has 22 heavy (non-hydrogen) atoms. The Kier molecular flexibility index (Phi) is 4.82. The van der Waals surface area contributed by atoms with Crippen LogP contribution in [-0.4, -0.2) is 25.4 Å². The number of carbonyl (C=O) groups excluding carboxylic acids is 1. The lowest BCUT2D eigenvalue weighted by Gasteiger charge is -2.08. The summed E-state index contributed by atoms with van der Waals surface area (Å²) >= 11 is 0.914. The number of hydrogen-bond donors (Lipinski definition) is 1. The highest BCUT2D eigenvalue weighted by Crippen LogP contribution is 2.28. The number of nitrogens with one attached hydrogen (secondary N) is 1. The van der Waals surface area contributed by atoms with Gasteiger partial charge in [-0.25, -0.2) is 13.2 Å². The fourth-order valence-electron chi connectivity index (χ4n) is 1.78. The summed E-state index contributed by atoms with van der Waals surface area (Å²) in [7, 11) is -3.78. The highest BCUT2D eigenvalue weighted by Gasteiger charge is 2.24. The van der Waals surface area contributed by atoms with E-state index in [1.807, 2.05) is 6.92 Å². The molecule has 8 heteroatoms. The predicted octanol–water partition coefficient (Wildman–Crippen LogP) is 2.74. The zero-order chi connectivity index (χ0) is 16.3. The van der Waals surface area contributed by atoms with Crippen LogP contribution in [0, 0.1) is 13.8 Å². The molecule has 0 unspecified atom stereocenters. The van der Waals surface area contributed by atoms with E-state index in [2.05, 4.69) is 9.10 Å². The number of sulfonamides is 1. The van der Waals surface area contributed by atoms with Crippen LogP contribution in [0.25, 0.3) is 0 Å². The van der Waals surface area contributed by atoms with Gasteiger partial charge in [0.05, 0.1) is 17.2 Å². The maximum Gasteiger partial charge on any atom is 0.343 e. The van der Waals surface area contributed by atoms with Gasteiger partial charge >= 0.3 is 5.97 Å². The third kappa shape index (κ3) is 3.45. The van der Waals surface area contributed by atoms with Crippen LogP contribution in [-0.2, 0) is 14.8 Å². The first-order chi connectivity index (χ1) is 10.3. The van der Waals surface area contributed by atoms with E-state index in [9.17, 15) is 13.2 Å². The highest BCUT2D eigenvalue weighted by atomic mass is 32.2. The van der Waals surface area contributed by atoms with Gasteiger partial charge in [0.1, 0.15) is 10.6 Å². The van der Waals surface area contributed by atoms with Crippen LogP contribution in [0.1, 0.15) is 28.5 Å². The second kappa shape index (κ2) is 6.45. The molecule has 6 nitrogen and oxygen atoms in total. The van der Waals surface area contributed by atoms with Crippen molar-refractivity contribution in [3.63, 3.8) is 0 Å². The van der Waals surface area contributed by atoms with E-state index in [4.69, 9.17) is 4.74 Å². The predicted molar refractivity (Wildman–Crippen MR) is 84.8 cm³/mol. The van der Waals surface area contributed by atoms with E-state index in [1.165, 1.54) is 12.1 Å². The molecule has 1 aromatic carbocycles. The molecule has 0 amide bonds. The van der Waals surface area contributed by atoms with Gasteiger partial charge in [0.15, 0.2) is 0 Å². The molecule has 0 spiro atoms. The smallest absolute Gasteiger partial charge is 0.343 e. The second-order valence-electron chi connectivity index (χ2n) is 4.61. The van der Waals surface area contributed by atoms with E-state index >= 15 is 0 Å². The molecule has 1 aromatic heterocycles. The van der Waals surface area contributed by atoms with Crippen molar-refractivity contribution in [2.24, 2.45) is 0 Å². The van der Waals surface area contributed by atoms with Crippen molar-refractivity contribution in [2.45, 2.75) is 25.7 Å². The Hall–Kier alpha value is -1.93. The van der Waals surface area contributed by atoms with Gasteiger partial charge in [-0.2, -0.15) is 4.37 Å². The minimum atomic E-state index is -3.78. The Balaban J connectivity index is 2.34. The Morgan fingerprint density at radius 2 is 1.91 bits per heavy atom. The molecule has 1 heterocycles. The number of nitrogens with zero attached hydrogens (tertiary/aromatic N) is 1. The number of aromatic nitrogens is 1. The van der Waals surface area contributed by atoms with Crippen LogP contribution in [0.15, 0.2) is 29.2 Å². The molecule has 0 saturated carbocycles. The largest absolute Gasteiger partial charge is 0.462 e. The quantitative estimate of drug-likeness (QED) is 0.846. The number of carbonyl (C=O) groups is 1. The van der Waals surface area contributed by atoms with Gasteiger partial charge in [-0.05, 0) is 44.4 Å². The number of rotatable bonds is 5. The monoisotopic (exact) mass is 340 g/mol. The van der Waals surface area contributed by atoms with Crippen LogP contribution < -0.4 is 4.72 Å². The molecular formula is C14H16N2O4S2. The average molecular weight is 340 g/mol. The molecule has 118 valence electrons. The van der Waals surface area contributed by atoms with E-state index < -0.39 is 16.0 Å². The summed E-state index contributed by atoms with van der Waals surface area (Å²) < 4.78 is 36.1. The zero-order valence-corrected chi connectivity index (χ0v) is 14.0. The Morgan fingerprint density at radius 1 is 1.27 bits per heavy atom. The number of aryl methyl sites for hydroxylation is 2. The van der Waals surface area contributed by atoms with Gasteiger partial charge in [0, 0.05) is 0 Å². The van der Waals surface area contributed by atoms with Gasteiger partial charge in [0.2, 0.25) is 0 Å². The number of benzene rings is 1. The Labute approximate surface area is 133 Å². The van der Waals surface area contributed by atoms with Crippen molar-refractivity contribution in [3.05, 3.63) is 41.1 Å². The van der Waals surface area contributed by atoms with Gasteiger partial charge in [-0.15, -0.1) is 0 Å². The van der Waals surface area contributed by atoms with Gasteiger partial charge in [0.25, 0.3) is 10.0 Å². The summed E-state index contributed by atoms with van der Waals surface area (Å²) in [5.41, 5.74) is 1.55. The topological polar surface area (TPSA) is 85.4 Å². The fraction of sp³-hybridized carbons (Fsp3) is 0.286. The maximum absolute atomic E-state index is 12.4. The molecule has 0 aliphatic carbocycles. The maximum atomic E-state index is 12.4. The van der Waals surface area contributed by atoms with E-state index in [1.54, 1.807) is 26.0 Å². The van der Waals surface area contributed by atoms with Crippen LogP contribution in [0.4, 0.5) is 5.00 Å². The summed E-state index contributed by atoms with van der Waals surface area (Å²) in [4.78, 5) is 12.0. The normalized spacial score (nSPS) is 11.2. The van der Waals surface area contributed by atoms with Crippen molar-refractivity contribution >= 4 is 32.5 Å². The lowest BCUT2D eigenvalue weighted by molar-refractivity contribution is 0.0527. The van der Waals surface area contributed by atoms with E-state index in [-0.39, 0.29) is 22.1 Å². The van der Waals surface area contributed by atoms with Crippen molar-refractivity contribution in [3.8, 4) is 0 Å². The van der Waals surface area contributed by atoms with Gasteiger partial charge < -0.3 is 4.74 Å². The molecule has 2 rings (SSSR count). The summed E-state index contributed by atoms with van der Waals surface area (Å²) in [6.45, 7) is 5.39. The molecular weight excluding hydrogens is 324 g/mol. The highest BCUT2D eigenvalue weighted by molar-refractivity contribution is 7.93. The summed E-state index contributed by atoms with van der Waals surface area (Å²) in [5.74, 6) is -0.588. The molecule has 0 aliphatic heterocycles. The minimum absolute atomic E-state index is 0.124. The Bertz CT molecular complexity index is 780. The van der Waals surface area contributed by atoms with Gasteiger partial charge in [-0.3, -0.25) is 4.72 Å². The summed E-state index contributed by atoms with van der Waals surface area (Å²) in [6.07, 6.45) is 0. The molecule has 0 atom stereocenters. The number of hydrogen-bond acceptors (Lipinski definition) is 6. The van der Waals surface area contributed by atoms with Crippen LogP contribution in [0.5, 0.6) is 0 Å². The summed E-state index contributed by atoms with van der Waals surface area (Å²) in [6, 6.07) is 6.43. The second-order valence-corrected chi connectivity index (χ2v) is 7.07. The molecule has 0 aliphatic rings. The van der Waals surface area contributed by atoms with Crippen molar-refractivity contribution in [1.82, 2.24) is 4.37 Å². The molecule has 0 bridgehead atoms. The van der Waals surface area contributed by atoms with Gasteiger partial charge in [-0.1, -0.05) is 17.7 Å². The van der Waals surface area contributed by atoms with E-state index in [0.29, 0.717) is 5.69 Å². The van der Waals surface area contributed by atoms with E-state index in [0.717, 1.165) is 17.1 Å². The first kappa shape index (κ1) is 16.4. The van der Waals surface area contributed by atoms with Crippen molar-refractivity contribution in [1.29, 1.82) is 0 Å². The first-order valence-corrected chi connectivity index (χ1v) is 8.83. The first-order valence-electron chi connectivity index (χ1n) is 6.58. The van der Waals surface area contributed by atoms with Crippen molar-refractivity contribution in [2.75, 3.05) is 11.3 Å². The summed E-state index contributed by atoms with van der Waals surface area (Å²) in [5, 5.41) is 0.163. The fourth-order valence-corrected chi connectivity index (χ4v) is 3.86. The third-order valence-corrected chi connectivity index (χ3v) is 5.25. The number of anilines is 1. The molecule has 0 saturated heterocycles. The third-order valence-electron chi connectivity index (χ3n) is 2.90. The van der Waals surface area contributed by atoms with Crippen molar-refractivity contribution < 1.29 is 17.9 Å². The lowest BCUT2D eigenvalue weighted by Crippen LogP contribution is -2.15. The molecule has 0 fully saturated rings. The molecule has 0 radical (unpaired) electrons. The van der Waals surface area contributed by atoms with Crippen LogP contribution >= 0.6 is 11.5 Å². The minimum Gasteiger partial charge on any atom is -0.462 e. The zero-order valence-electron chi connectivity index (χ0n) is 12.4. The average Bonchev–Trinajstić information content (AvgIpc) is 2.80.